The number of hydrogen-bond acceptors (Lipinski definition) is 4. The second-order valence-corrected chi connectivity index (χ2v) is 9.22. The summed E-state index contributed by atoms with van der Waals surface area (Å²) in [6, 6.07) is 11.3. The Bertz CT molecular complexity index is 1540. The van der Waals surface area contributed by atoms with Gasteiger partial charge in [0.05, 0.1) is 22.9 Å². The molecule has 4 heterocycles. The molecule has 0 atom stereocenters. The van der Waals surface area contributed by atoms with Crippen molar-refractivity contribution in [1.29, 1.82) is 0 Å². The van der Waals surface area contributed by atoms with Gasteiger partial charge in [0.2, 0.25) is 0 Å². The number of pyridine rings is 1. The fourth-order valence-electron chi connectivity index (χ4n) is 4.42. The molecule has 4 aromatic heterocycles. The van der Waals surface area contributed by atoms with Crippen LogP contribution in [-0.2, 0) is 26.7 Å². The molecule has 0 N–H and O–H groups in total. The Balaban J connectivity index is 1.47. The summed E-state index contributed by atoms with van der Waals surface area (Å²) in [6.45, 7) is 4.19. The minimum Gasteiger partial charge on any atom is -0.348 e. The highest BCUT2D eigenvalue weighted by Gasteiger charge is 2.34. The van der Waals surface area contributed by atoms with Gasteiger partial charge in [0.1, 0.15) is 5.82 Å². The van der Waals surface area contributed by atoms with E-state index < -0.39 is 11.9 Å². The first-order valence-corrected chi connectivity index (χ1v) is 11.6. The molecule has 6 nitrogen and oxygen atoms in total. The van der Waals surface area contributed by atoms with Crippen molar-refractivity contribution in [3.63, 3.8) is 0 Å². The van der Waals surface area contributed by atoms with Crippen LogP contribution in [0.4, 0.5) is 13.2 Å². The summed E-state index contributed by atoms with van der Waals surface area (Å²) >= 11 is 0. The number of nitrogens with zero attached hydrogens (tertiary/aromatic N) is 6. The molecule has 1 aromatic carbocycles. The maximum absolute atomic E-state index is 13.0. The zero-order valence-electron chi connectivity index (χ0n) is 20.4. The van der Waals surface area contributed by atoms with E-state index in [1.807, 2.05) is 48.3 Å². The Morgan fingerprint density at radius 3 is 2.33 bits per heavy atom. The number of rotatable bonds is 5. The highest BCUT2D eigenvalue weighted by molar-refractivity contribution is 5.81. The Morgan fingerprint density at radius 1 is 0.917 bits per heavy atom. The van der Waals surface area contributed by atoms with Gasteiger partial charge in [0, 0.05) is 55.8 Å². The van der Waals surface area contributed by atoms with E-state index in [9.17, 15) is 13.2 Å². The van der Waals surface area contributed by atoms with Gasteiger partial charge < -0.3 is 9.13 Å². The molecule has 0 radical (unpaired) electrons. The van der Waals surface area contributed by atoms with Gasteiger partial charge in [-0.25, -0.2) is 15.0 Å². The van der Waals surface area contributed by atoms with E-state index in [1.54, 1.807) is 25.4 Å². The number of hydrogen-bond donors (Lipinski definition) is 0. The molecule has 0 aliphatic carbocycles. The van der Waals surface area contributed by atoms with E-state index in [4.69, 9.17) is 4.98 Å². The lowest BCUT2D eigenvalue weighted by atomic mass is 10.0. The Kier molecular flexibility index (Phi) is 5.86. The topological polar surface area (TPSA) is 61.4 Å². The summed E-state index contributed by atoms with van der Waals surface area (Å²) < 4.78 is 42.5. The summed E-state index contributed by atoms with van der Waals surface area (Å²) in [5, 5.41) is 0. The number of imidazole rings is 1. The molecular weight excluding hydrogens is 465 g/mol. The average Bonchev–Trinajstić information content (AvgIpc) is 3.39. The van der Waals surface area contributed by atoms with E-state index in [1.165, 1.54) is 4.57 Å². The quantitative estimate of drug-likeness (QED) is 0.296. The predicted molar refractivity (Wildman–Crippen MR) is 132 cm³/mol. The molecule has 0 saturated heterocycles. The zero-order chi connectivity index (χ0) is 25.6. The van der Waals surface area contributed by atoms with Crippen molar-refractivity contribution in [2.75, 3.05) is 0 Å². The summed E-state index contributed by atoms with van der Waals surface area (Å²) in [5.41, 5.74) is 5.43. The molecule has 5 aromatic rings. The van der Waals surface area contributed by atoms with Crippen LogP contribution in [-0.4, -0.2) is 29.1 Å². The van der Waals surface area contributed by atoms with Crippen molar-refractivity contribution in [3.8, 4) is 22.8 Å². The Hall–Kier alpha value is -4.01. The van der Waals surface area contributed by atoms with Crippen molar-refractivity contribution < 1.29 is 13.2 Å². The monoisotopic (exact) mass is 490 g/mol. The van der Waals surface area contributed by atoms with Crippen molar-refractivity contribution >= 4 is 11.0 Å². The van der Waals surface area contributed by atoms with Gasteiger partial charge in [-0.15, -0.1) is 0 Å². The second-order valence-electron chi connectivity index (χ2n) is 9.22. The number of alkyl halides is 3. The zero-order valence-corrected chi connectivity index (χ0v) is 20.4. The predicted octanol–water partition coefficient (Wildman–Crippen LogP) is 6.16. The van der Waals surface area contributed by atoms with Crippen LogP contribution in [0.1, 0.15) is 42.3 Å². The molecular formula is C27H25F3N6. The molecule has 184 valence electrons. The van der Waals surface area contributed by atoms with Crippen LogP contribution in [0.5, 0.6) is 0 Å². The van der Waals surface area contributed by atoms with Crippen molar-refractivity contribution in [3.05, 3.63) is 83.7 Å². The van der Waals surface area contributed by atoms with E-state index in [2.05, 4.69) is 28.8 Å². The van der Waals surface area contributed by atoms with Gasteiger partial charge in [0.25, 0.3) is 0 Å². The van der Waals surface area contributed by atoms with Crippen molar-refractivity contribution in [2.45, 2.75) is 32.4 Å². The van der Waals surface area contributed by atoms with Crippen molar-refractivity contribution in [2.24, 2.45) is 14.1 Å². The molecule has 0 aliphatic heterocycles. The number of aromatic nitrogens is 6. The highest BCUT2D eigenvalue weighted by Crippen LogP contribution is 2.31. The molecule has 0 saturated carbocycles. The lowest BCUT2D eigenvalue weighted by Crippen LogP contribution is -2.04. The van der Waals surface area contributed by atoms with Gasteiger partial charge in [0.15, 0.2) is 11.5 Å². The third kappa shape index (κ3) is 4.36. The molecule has 0 bridgehead atoms. The summed E-state index contributed by atoms with van der Waals surface area (Å²) in [7, 11) is 3.52. The SMILES string of the molecule is CC(C)c1ncccc1-c1ncc2c(n1)c(Cc1ccc(-c3nc(C(F)(F)F)cn3C)cc1)cn2C. The summed E-state index contributed by atoms with van der Waals surface area (Å²) in [5.74, 6) is 1.14. The minimum absolute atomic E-state index is 0.236. The highest BCUT2D eigenvalue weighted by atomic mass is 19.4. The molecule has 5 rings (SSSR count). The molecule has 0 unspecified atom stereocenters. The fraction of sp³-hybridized carbons (Fsp3) is 0.259. The van der Waals surface area contributed by atoms with Crippen LogP contribution < -0.4 is 0 Å². The lowest BCUT2D eigenvalue weighted by molar-refractivity contribution is -0.140. The smallest absolute Gasteiger partial charge is 0.348 e. The molecule has 0 aliphatic rings. The van der Waals surface area contributed by atoms with Gasteiger partial charge in [-0.05, 0) is 23.6 Å². The summed E-state index contributed by atoms with van der Waals surface area (Å²) in [4.78, 5) is 17.8. The average molecular weight is 491 g/mol. The molecule has 9 heteroatoms. The standard InChI is InChI=1S/C27H25F3N6/c1-16(2)23-20(6-5-11-31-23)25-32-13-21-24(34-25)19(14-35(21)3)12-17-7-9-18(10-8-17)26-33-22(15-36(26)4)27(28,29)30/h5-11,13-16H,12H2,1-4H3. The third-order valence-electron chi connectivity index (χ3n) is 6.20. The Labute approximate surface area is 206 Å². The van der Waals surface area contributed by atoms with E-state index >= 15 is 0 Å². The normalized spacial score (nSPS) is 12.1. The first-order chi connectivity index (χ1) is 17.1. The van der Waals surface area contributed by atoms with E-state index in [0.29, 0.717) is 17.8 Å². The van der Waals surface area contributed by atoms with Crippen LogP contribution in [0.3, 0.4) is 0 Å². The van der Waals surface area contributed by atoms with Crippen LogP contribution >= 0.6 is 0 Å². The van der Waals surface area contributed by atoms with Crippen LogP contribution in [0.25, 0.3) is 33.8 Å². The first-order valence-electron chi connectivity index (χ1n) is 11.6. The van der Waals surface area contributed by atoms with E-state index in [0.717, 1.165) is 39.6 Å². The Morgan fingerprint density at radius 2 is 1.67 bits per heavy atom. The van der Waals surface area contributed by atoms with Crippen LogP contribution in [0.2, 0.25) is 0 Å². The maximum Gasteiger partial charge on any atom is 0.434 e. The van der Waals surface area contributed by atoms with Gasteiger partial charge in [-0.3, -0.25) is 4.98 Å². The molecule has 36 heavy (non-hydrogen) atoms. The van der Waals surface area contributed by atoms with Crippen LogP contribution in [0.15, 0.2) is 61.2 Å². The number of fused-ring (bicyclic) bond motifs is 1. The van der Waals surface area contributed by atoms with Crippen LogP contribution in [0, 0.1) is 0 Å². The molecule has 0 fully saturated rings. The summed E-state index contributed by atoms with van der Waals surface area (Å²) in [6.07, 6.45) is 2.80. The van der Waals surface area contributed by atoms with Gasteiger partial charge >= 0.3 is 6.18 Å². The fourth-order valence-corrected chi connectivity index (χ4v) is 4.42. The van der Waals surface area contributed by atoms with Gasteiger partial charge in [-0.1, -0.05) is 38.1 Å². The minimum atomic E-state index is -4.48. The van der Waals surface area contributed by atoms with Crippen molar-refractivity contribution in [1.82, 2.24) is 29.1 Å². The second kappa shape index (κ2) is 8.89. The number of benzene rings is 1. The largest absolute Gasteiger partial charge is 0.434 e. The van der Waals surface area contributed by atoms with Gasteiger partial charge in [-0.2, -0.15) is 13.2 Å². The number of aryl methyl sites for hydroxylation is 2. The van der Waals surface area contributed by atoms with E-state index in [-0.39, 0.29) is 11.7 Å². The number of halogens is 3. The molecule has 0 spiro atoms. The lowest BCUT2D eigenvalue weighted by Gasteiger charge is -2.10. The third-order valence-corrected chi connectivity index (χ3v) is 6.20. The maximum atomic E-state index is 13.0. The molecule has 0 amide bonds. The first kappa shape index (κ1) is 23.7.